The number of rotatable bonds is 6. The summed E-state index contributed by atoms with van der Waals surface area (Å²) in [4.78, 5) is 2.32. The Morgan fingerprint density at radius 2 is 1.80 bits per heavy atom. The Bertz CT molecular complexity index is 1010. The highest BCUT2D eigenvalue weighted by Crippen LogP contribution is 2.52. The maximum absolute atomic E-state index is 9.31. The summed E-state index contributed by atoms with van der Waals surface area (Å²) in [5.74, 6) is 2.86. The summed E-state index contributed by atoms with van der Waals surface area (Å²) < 4.78 is 8.35. The van der Waals surface area contributed by atoms with Gasteiger partial charge in [0.15, 0.2) is 0 Å². The Kier molecular flexibility index (Phi) is 4.95. The highest BCUT2D eigenvalue weighted by atomic mass is 16.5. The number of aromatic nitrogens is 3. The third kappa shape index (κ3) is 3.45. The summed E-state index contributed by atoms with van der Waals surface area (Å²) in [5, 5.41) is 18.5. The average molecular weight is 405 g/mol. The van der Waals surface area contributed by atoms with Crippen LogP contribution in [0.25, 0.3) is 0 Å². The van der Waals surface area contributed by atoms with Crippen molar-refractivity contribution in [2.45, 2.75) is 43.8 Å². The molecule has 2 aromatic carbocycles. The molecule has 1 saturated heterocycles. The van der Waals surface area contributed by atoms with Crippen LogP contribution in [-0.4, -0.2) is 39.1 Å². The lowest BCUT2D eigenvalue weighted by molar-refractivity contribution is 0.169. The van der Waals surface area contributed by atoms with Crippen molar-refractivity contribution in [3.8, 4) is 5.75 Å². The monoisotopic (exact) mass is 404 g/mol. The molecule has 1 aromatic heterocycles. The standard InChI is InChI=1S/C24H28N4O2/c1-27-22(24(12-13-24)19-7-3-2-4-8-19)25-26-23(27)28-14-10-20(11-15-28)30-21-9-5-6-18(16-21)17-29/h2-9,16,20,29H,10-15,17H2,1H3. The average Bonchev–Trinajstić information content (AvgIpc) is 3.51. The van der Waals surface area contributed by atoms with E-state index in [0.29, 0.717) is 0 Å². The molecule has 2 heterocycles. The number of hydrogen-bond donors (Lipinski definition) is 1. The normalized spacial score (nSPS) is 18.4. The topological polar surface area (TPSA) is 63.4 Å². The highest BCUT2D eigenvalue weighted by molar-refractivity contribution is 5.43. The molecule has 2 fully saturated rings. The summed E-state index contributed by atoms with van der Waals surface area (Å²) in [7, 11) is 2.09. The van der Waals surface area contributed by atoms with Gasteiger partial charge in [0.2, 0.25) is 5.95 Å². The highest BCUT2D eigenvalue weighted by Gasteiger charge is 2.50. The molecule has 0 radical (unpaired) electrons. The Morgan fingerprint density at radius 3 is 2.50 bits per heavy atom. The summed E-state index contributed by atoms with van der Waals surface area (Å²) in [6, 6.07) is 18.4. The summed E-state index contributed by atoms with van der Waals surface area (Å²) in [6.07, 6.45) is 4.32. The summed E-state index contributed by atoms with van der Waals surface area (Å²) >= 11 is 0. The first-order chi connectivity index (χ1) is 14.7. The van der Waals surface area contributed by atoms with Crippen molar-refractivity contribution in [3.05, 3.63) is 71.5 Å². The third-order valence-electron chi connectivity index (χ3n) is 6.46. The molecule has 0 amide bonds. The van der Waals surface area contributed by atoms with Crippen LogP contribution >= 0.6 is 0 Å². The molecule has 1 saturated carbocycles. The zero-order chi connectivity index (χ0) is 20.6. The number of benzene rings is 2. The minimum absolute atomic E-state index is 0.0282. The molecule has 6 heteroatoms. The molecule has 2 aliphatic rings. The Hall–Kier alpha value is -2.86. The Labute approximate surface area is 177 Å². The van der Waals surface area contributed by atoms with Crippen LogP contribution in [0.2, 0.25) is 0 Å². The fraction of sp³-hybridized carbons (Fsp3) is 0.417. The van der Waals surface area contributed by atoms with E-state index in [1.54, 1.807) is 0 Å². The van der Waals surface area contributed by atoms with E-state index in [1.807, 2.05) is 24.3 Å². The van der Waals surface area contributed by atoms with Crippen molar-refractivity contribution >= 4 is 5.95 Å². The smallest absolute Gasteiger partial charge is 0.226 e. The fourth-order valence-corrected chi connectivity index (χ4v) is 4.62. The number of aliphatic hydroxyl groups excluding tert-OH is 1. The van der Waals surface area contributed by atoms with Gasteiger partial charge >= 0.3 is 0 Å². The van der Waals surface area contributed by atoms with Crippen LogP contribution in [0.5, 0.6) is 5.75 Å². The van der Waals surface area contributed by atoms with E-state index in [0.717, 1.165) is 61.9 Å². The quantitative estimate of drug-likeness (QED) is 0.682. The van der Waals surface area contributed by atoms with Crippen LogP contribution in [0.3, 0.4) is 0 Å². The second-order valence-electron chi connectivity index (χ2n) is 8.44. The molecule has 0 unspecified atom stereocenters. The molecule has 1 aliphatic carbocycles. The van der Waals surface area contributed by atoms with Crippen LogP contribution < -0.4 is 9.64 Å². The number of anilines is 1. The first-order valence-electron chi connectivity index (χ1n) is 10.8. The van der Waals surface area contributed by atoms with Gasteiger partial charge in [0.25, 0.3) is 0 Å². The van der Waals surface area contributed by atoms with Gasteiger partial charge in [-0.2, -0.15) is 0 Å². The lowest BCUT2D eigenvalue weighted by Crippen LogP contribution is -2.39. The number of hydrogen-bond acceptors (Lipinski definition) is 5. The largest absolute Gasteiger partial charge is 0.490 e. The Balaban J connectivity index is 1.26. The molecule has 0 bridgehead atoms. The molecule has 0 atom stereocenters. The zero-order valence-electron chi connectivity index (χ0n) is 17.4. The second kappa shape index (κ2) is 7.76. The van der Waals surface area contributed by atoms with Crippen LogP contribution in [0.4, 0.5) is 5.95 Å². The van der Waals surface area contributed by atoms with Gasteiger partial charge in [-0.3, -0.25) is 4.57 Å². The van der Waals surface area contributed by atoms with Crippen molar-refractivity contribution in [1.82, 2.24) is 14.8 Å². The minimum atomic E-state index is 0.0282. The molecule has 30 heavy (non-hydrogen) atoms. The molecule has 6 nitrogen and oxygen atoms in total. The van der Waals surface area contributed by atoms with Gasteiger partial charge in [0.1, 0.15) is 17.7 Å². The maximum atomic E-state index is 9.31. The fourth-order valence-electron chi connectivity index (χ4n) is 4.62. The molecule has 1 aliphatic heterocycles. The lowest BCUT2D eigenvalue weighted by atomic mass is 9.95. The van der Waals surface area contributed by atoms with Crippen LogP contribution in [-0.2, 0) is 19.1 Å². The molecular weight excluding hydrogens is 376 g/mol. The Morgan fingerprint density at radius 1 is 1.03 bits per heavy atom. The van der Waals surface area contributed by atoms with Gasteiger partial charge < -0.3 is 14.7 Å². The molecule has 3 aromatic rings. The van der Waals surface area contributed by atoms with Gasteiger partial charge in [-0.25, -0.2) is 0 Å². The molecule has 1 N–H and O–H groups in total. The van der Waals surface area contributed by atoms with Gasteiger partial charge in [-0.1, -0.05) is 42.5 Å². The number of ether oxygens (including phenoxy) is 1. The van der Waals surface area contributed by atoms with Crippen LogP contribution in [0, 0.1) is 0 Å². The van der Waals surface area contributed by atoms with Crippen molar-refractivity contribution < 1.29 is 9.84 Å². The van der Waals surface area contributed by atoms with Crippen molar-refractivity contribution in [3.63, 3.8) is 0 Å². The van der Waals surface area contributed by atoms with Crippen LogP contribution in [0.1, 0.15) is 42.6 Å². The number of nitrogens with zero attached hydrogens (tertiary/aromatic N) is 4. The van der Waals surface area contributed by atoms with Gasteiger partial charge in [-0.15, -0.1) is 10.2 Å². The SMILES string of the molecule is Cn1c(N2CCC(Oc3cccc(CO)c3)CC2)nnc1C1(c2ccccc2)CC1. The first kappa shape index (κ1) is 19.1. The van der Waals surface area contributed by atoms with E-state index >= 15 is 0 Å². The summed E-state index contributed by atoms with van der Waals surface area (Å²) in [6.45, 7) is 1.83. The molecule has 156 valence electrons. The predicted octanol–water partition coefficient (Wildman–Crippen LogP) is 3.44. The van der Waals surface area contributed by atoms with E-state index < -0.39 is 0 Å². The molecular formula is C24H28N4O2. The minimum Gasteiger partial charge on any atom is -0.490 e. The van der Waals surface area contributed by atoms with E-state index in [9.17, 15) is 5.11 Å². The van der Waals surface area contributed by atoms with E-state index in [1.165, 1.54) is 5.56 Å². The second-order valence-corrected chi connectivity index (χ2v) is 8.44. The number of piperidine rings is 1. The maximum Gasteiger partial charge on any atom is 0.226 e. The van der Waals surface area contributed by atoms with Crippen LogP contribution in [0.15, 0.2) is 54.6 Å². The van der Waals surface area contributed by atoms with Crippen molar-refractivity contribution in [1.29, 1.82) is 0 Å². The van der Waals surface area contributed by atoms with Crippen molar-refractivity contribution in [2.24, 2.45) is 7.05 Å². The van der Waals surface area contributed by atoms with E-state index in [-0.39, 0.29) is 18.1 Å². The van der Waals surface area contributed by atoms with E-state index in [2.05, 4.69) is 57.0 Å². The van der Waals surface area contributed by atoms with Gasteiger partial charge in [0, 0.05) is 33.0 Å². The van der Waals surface area contributed by atoms with Gasteiger partial charge in [0.05, 0.1) is 12.0 Å². The lowest BCUT2D eigenvalue weighted by Gasteiger charge is -2.32. The summed E-state index contributed by atoms with van der Waals surface area (Å²) in [5.41, 5.74) is 2.24. The van der Waals surface area contributed by atoms with Crippen molar-refractivity contribution in [2.75, 3.05) is 18.0 Å². The molecule has 5 rings (SSSR count). The first-order valence-corrected chi connectivity index (χ1v) is 10.8. The third-order valence-corrected chi connectivity index (χ3v) is 6.46. The zero-order valence-corrected chi connectivity index (χ0v) is 17.4. The number of aliphatic hydroxyl groups is 1. The molecule has 0 spiro atoms. The predicted molar refractivity (Wildman–Crippen MR) is 116 cm³/mol. The van der Waals surface area contributed by atoms with Gasteiger partial charge in [-0.05, 0) is 36.1 Å². The van der Waals surface area contributed by atoms with E-state index in [4.69, 9.17) is 4.74 Å².